The summed E-state index contributed by atoms with van der Waals surface area (Å²) in [5.74, 6) is 0.145. The first-order valence-corrected chi connectivity index (χ1v) is 6.88. The lowest BCUT2D eigenvalue weighted by atomic mass is 10.0. The third-order valence-corrected chi connectivity index (χ3v) is 3.11. The fourth-order valence-electron chi connectivity index (χ4n) is 2.36. The molecule has 1 heterocycles. The van der Waals surface area contributed by atoms with Gasteiger partial charge in [-0.1, -0.05) is 12.1 Å². The number of benzene rings is 1. The number of hydrogen-bond donors (Lipinski definition) is 0. The third-order valence-electron chi connectivity index (χ3n) is 3.11. The quantitative estimate of drug-likeness (QED) is 0.833. The highest BCUT2D eigenvalue weighted by molar-refractivity contribution is 5.90. The molecule has 0 aliphatic carbocycles. The molecule has 20 heavy (non-hydrogen) atoms. The van der Waals surface area contributed by atoms with Crippen LogP contribution in [0.15, 0.2) is 18.2 Å². The normalized spacial score (nSPS) is 14.1. The van der Waals surface area contributed by atoms with Crippen molar-refractivity contribution in [3.05, 3.63) is 29.3 Å². The number of carbonyl (C=O) groups excluding carboxylic acids is 2. The van der Waals surface area contributed by atoms with Gasteiger partial charge in [-0.15, -0.1) is 0 Å². The Labute approximate surface area is 119 Å². The van der Waals surface area contributed by atoms with Crippen LogP contribution in [0.1, 0.15) is 38.8 Å². The summed E-state index contributed by atoms with van der Waals surface area (Å²) >= 11 is 0. The first-order valence-electron chi connectivity index (χ1n) is 6.88. The minimum atomic E-state index is -0.492. The summed E-state index contributed by atoms with van der Waals surface area (Å²) in [6, 6.07) is 5.83. The molecule has 0 atom stereocenters. The molecule has 1 aromatic carbocycles. The Morgan fingerprint density at radius 3 is 2.60 bits per heavy atom. The second kappa shape index (κ2) is 5.27. The molecule has 2 rings (SSSR count). The summed E-state index contributed by atoms with van der Waals surface area (Å²) in [6.07, 6.45) is 0.940. The summed E-state index contributed by atoms with van der Waals surface area (Å²) in [4.78, 5) is 25.0. The zero-order valence-electron chi connectivity index (χ0n) is 12.5. The number of anilines is 1. The predicted octanol–water partition coefficient (Wildman–Crippen LogP) is 3.12. The summed E-state index contributed by atoms with van der Waals surface area (Å²) in [5, 5.41) is 0. The van der Waals surface area contributed by atoms with Crippen LogP contribution in [-0.2, 0) is 22.4 Å². The van der Waals surface area contributed by atoms with Crippen LogP contribution >= 0.6 is 0 Å². The van der Waals surface area contributed by atoms with Crippen molar-refractivity contribution in [2.45, 2.75) is 46.1 Å². The van der Waals surface area contributed by atoms with Crippen molar-refractivity contribution < 1.29 is 14.3 Å². The van der Waals surface area contributed by atoms with E-state index in [1.807, 2.05) is 39.0 Å². The SMILES string of the molecule is CC(=O)Cc1ccc2c(c1)CCN2C(=O)OC(C)(C)C. The average molecular weight is 275 g/mol. The number of rotatable bonds is 2. The molecule has 0 radical (unpaired) electrons. The molecular formula is C16H21NO3. The van der Waals surface area contributed by atoms with Gasteiger partial charge in [0.25, 0.3) is 0 Å². The standard InChI is InChI=1S/C16H21NO3/c1-11(18)9-12-5-6-14-13(10-12)7-8-17(14)15(19)20-16(2,3)4/h5-6,10H,7-9H2,1-4H3. The molecule has 4 heteroatoms. The monoisotopic (exact) mass is 275 g/mol. The van der Waals surface area contributed by atoms with Gasteiger partial charge in [-0.2, -0.15) is 0 Å². The van der Waals surface area contributed by atoms with Crippen molar-refractivity contribution >= 4 is 17.6 Å². The summed E-state index contributed by atoms with van der Waals surface area (Å²) < 4.78 is 5.41. The number of ketones is 1. The molecule has 1 amide bonds. The van der Waals surface area contributed by atoms with Crippen LogP contribution < -0.4 is 4.90 Å². The molecular weight excluding hydrogens is 254 g/mol. The Bertz CT molecular complexity index is 543. The van der Waals surface area contributed by atoms with Crippen molar-refractivity contribution in [1.29, 1.82) is 0 Å². The molecule has 108 valence electrons. The van der Waals surface area contributed by atoms with E-state index < -0.39 is 5.60 Å². The fraction of sp³-hybridized carbons (Fsp3) is 0.500. The van der Waals surface area contributed by atoms with E-state index in [0.29, 0.717) is 13.0 Å². The van der Waals surface area contributed by atoms with Gasteiger partial charge < -0.3 is 4.74 Å². The van der Waals surface area contributed by atoms with Crippen LogP contribution in [0.4, 0.5) is 10.5 Å². The number of amides is 1. The molecule has 0 fully saturated rings. The van der Waals surface area contributed by atoms with Gasteiger partial charge in [0, 0.05) is 13.0 Å². The molecule has 0 bridgehead atoms. The van der Waals surface area contributed by atoms with Crippen LogP contribution in [0.3, 0.4) is 0 Å². The number of ether oxygens (including phenoxy) is 1. The second-order valence-corrected chi connectivity index (χ2v) is 6.22. The van der Waals surface area contributed by atoms with Crippen LogP contribution in [-0.4, -0.2) is 24.0 Å². The van der Waals surface area contributed by atoms with Crippen molar-refractivity contribution in [2.24, 2.45) is 0 Å². The second-order valence-electron chi connectivity index (χ2n) is 6.22. The first-order chi connectivity index (χ1) is 9.26. The van der Waals surface area contributed by atoms with Crippen molar-refractivity contribution in [1.82, 2.24) is 0 Å². The topological polar surface area (TPSA) is 46.6 Å². The van der Waals surface area contributed by atoms with Crippen LogP contribution in [0.2, 0.25) is 0 Å². The maximum Gasteiger partial charge on any atom is 0.414 e. The van der Waals surface area contributed by atoms with Crippen LogP contribution in [0, 0.1) is 0 Å². The molecule has 4 nitrogen and oxygen atoms in total. The first kappa shape index (κ1) is 14.6. The third kappa shape index (κ3) is 3.38. The molecule has 0 unspecified atom stereocenters. The Morgan fingerprint density at radius 2 is 2.00 bits per heavy atom. The zero-order chi connectivity index (χ0) is 14.9. The van der Waals surface area contributed by atoms with Gasteiger partial charge in [-0.25, -0.2) is 4.79 Å². The Balaban J connectivity index is 2.17. The highest BCUT2D eigenvalue weighted by Crippen LogP contribution is 2.30. The molecule has 0 spiro atoms. The Hall–Kier alpha value is -1.84. The van der Waals surface area contributed by atoms with Gasteiger partial charge in [0.15, 0.2) is 0 Å². The van der Waals surface area contributed by atoms with Crippen molar-refractivity contribution in [3.63, 3.8) is 0 Å². The van der Waals surface area contributed by atoms with Gasteiger partial charge >= 0.3 is 6.09 Å². The highest BCUT2D eigenvalue weighted by atomic mass is 16.6. The number of Topliss-reactive ketones (excluding diaryl/α,β-unsaturated/α-hetero) is 1. The smallest absolute Gasteiger partial charge is 0.414 e. The van der Waals surface area contributed by atoms with E-state index in [0.717, 1.165) is 23.2 Å². The van der Waals surface area contributed by atoms with Crippen LogP contribution in [0.25, 0.3) is 0 Å². The molecule has 1 aliphatic rings. The lowest BCUT2D eigenvalue weighted by molar-refractivity contribution is -0.116. The van der Waals surface area contributed by atoms with E-state index >= 15 is 0 Å². The molecule has 0 saturated carbocycles. The van der Waals surface area contributed by atoms with Gasteiger partial charge in [0.05, 0.1) is 5.69 Å². The Kier molecular flexibility index (Phi) is 3.84. The minimum absolute atomic E-state index is 0.145. The predicted molar refractivity (Wildman–Crippen MR) is 78.1 cm³/mol. The molecule has 0 saturated heterocycles. The molecule has 0 aromatic heterocycles. The fourth-order valence-corrected chi connectivity index (χ4v) is 2.36. The molecule has 1 aromatic rings. The van der Waals surface area contributed by atoms with Gasteiger partial charge in [-0.05, 0) is 51.3 Å². The summed E-state index contributed by atoms with van der Waals surface area (Å²) in [6.45, 7) is 7.79. The highest BCUT2D eigenvalue weighted by Gasteiger charge is 2.28. The van der Waals surface area contributed by atoms with E-state index in [-0.39, 0.29) is 11.9 Å². The molecule has 1 aliphatic heterocycles. The van der Waals surface area contributed by atoms with Crippen LogP contribution in [0.5, 0.6) is 0 Å². The van der Waals surface area contributed by atoms with Gasteiger partial charge in [0.2, 0.25) is 0 Å². The number of fused-ring (bicyclic) bond motifs is 1. The largest absolute Gasteiger partial charge is 0.443 e. The van der Waals surface area contributed by atoms with E-state index in [1.54, 1.807) is 11.8 Å². The van der Waals surface area contributed by atoms with Crippen molar-refractivity contribution in [3.8, 4) is 0 Å². The number of carbonyl (C=O) groups is 2. The van der Waals surface area contributed by atoms with E-state index in [9.17, 15) is 9.59 Å². The zero-order valence-corrected chi connectivity index (χ0v) is 12.5. The van der Waals surface area contributed by atoms with Gasteiger partial charge in [0.1, 0.15) is 11.4 Å². The Morgan fingerprint density at radius 1 is 1.30 bits per heavy atom. The van der Waals surface area contributed by atoms with E-state index in [4.69, 9.17) is 4.74 Å². The van der Waals surface area contributed by atoms with Crippen molar-refractivity contribution in [2.75, 3.05) is 11.4 Å². The number of hydrogen-bond acceptors (Lipinski definition) is 3. The van der Waals surface area contributed by atoms with Gasteiger partial charge in [-0.3, -0.25) is 9.69 Å². The number of nitrogens with zero attached hydrogens (tertiary/aromatic N) is 1. The maximum absolute atomic E-state index is 12.1. The average Bonchev–Trinajstić information content (AvgIpc) is 2.68. The molecule has 0 N–H and O–H groups in total. The van der Waals surface area contributed by atoms with E-state index in [2.05, 4.69) is 0 Å². The minimum Gasteiger partial charge on any atom is -0.443 e. The summed E-state index contributed by atoms with van der Waals surface area (Å²) in [5.41, 5.74) is 2.51. The summed E-state index contributed by atoms with van der Waals surface area (Å²) in [7, 11) is 0. The maximum atomic E-state index is 12.1. The lowest BCUT2D eigenvalue weighted by Gasteiger charge is -2.24. The lowest BCUT2D eigenvalue weighted by Crippen LogP contribution is -2.35. The van der Waals surface area contributed by atoms with E-state index in [1.165, 1.54) is 0 Å².